The maximum atomic E-state index is 13.5. The standard InChI is InChI=1S/C40H58O2.C40H54O2.2CH4/c2*1-23-24(2)30(18-28-21-33(39(11,12)13)36(42)34(22-28)40(14,15)16)26(4)25(3)29(23)17-27-19-31(37(5,6)7)35(41)32(20-27)38(8,9)10;;/h19-22,41-42H,17-18H2,1-16H3;17-22H,1-16H3;2*1H4. The lowest BCUT2D eigenvalue weighted by molar-refractivity contribution is -0.114. The molecule has 2 aliphatic rings. The summed E-state index contributed by atoms with van der Waals surface area (Å²) in [6.07, 6.45) is 14.6. The van der Waals surface area contributed by atoms with Crippen LogP contribution in [-0.4, -0.2) is 21.8 Å². The van der Waals surface area contributed by atoms with E-state index in [-0.39, 0.29) is 69.7 Å². The highest BCUT2D eigenvalue weighted by atomic mass is 16.3. The molecule has 0 aromatic heterocycles. The Kier molecular flexibility index (Phi) is 22.0. The van der Waals surface area contributed by atoms with Crippen molar-refractivity contribution in [1.29, 1.82) is 0 Å². The van der Waals surface area contributed by atoms with E-state index in [0.29, 0.717) is 11.5 Å². The zero-order valence-corrected chi connectivity index (χ0v) is 58.9. The van der Waals surface area contributed by atoms with Crippen molar-refractivity contribution in [3.63, 3.8) is 0 Å². The van der Waals surface area contributed by atoms with Gasteiger partial charge >= 0.3 is 0 Å². The monoisotopic (exact) mass is 1170 g/mol. The van der Waals surface area contributed by atoms with E-state index >= 15 is 0 Å². The molecule has 0 atom stereocenters. The molecule has 0 radical (unpaired) electrons. The summed E-state index contributed by atoms with van der Waals surface area (Å²) in [5, 5.41) is 22.5. The van der Waals surface area contributed by atoms with Crippen LogP contribution in [0.25, 0.3) is 12.2 Å². The zero-order chi connectivity index (χ0) is 64.7. The van der Waals surface area contributed by atoms with E-state index in [4.69, 9.17) is 0 Å². The smallest absolute Gasteiger partial charge is 0.186 e. The molecule has 4 aromatic carbocycles. The van der Waals surface area contributed by atoms with E-state index in [1.165, 1.54) is 77.9 Å². The first-order valence-electron chi connectivity index (χ1n) is 31.0. The molecule has 0 bridgehead atoms. The number of carbonyl (C=O) groups is 2. The Balaban J connectivity index is 0.000000440. The third kappa shape index (κ3) is 16.1. The van der Waals surface area contributed by atoms with Gasteiger partial charge in [0, 0.05) is 22.3 Å². The molecule has 0 saturated carbocycles. The maximum absolute atomic E-state index is 13.5. The van der Waals surface area contributed by atoms with Crippen LogP contribution in [-0.2, 0) is 44.1 Å². The van der Waals surface area contributed by atoms with Gasteiger partial charge in [0.2, 0.25) is 0 Å². The average Bonchev–Trinajstić information content (AvgIpc) is 3.06. The number of rotatable bonds is 6. The summed E-state index contributed by atoms with van der Waals surface area (Å²) in [5.41, 5.74) is 26.1. The van der Waals surface area contributed by atoms with Crippen molar-refractivity contribution in [3.05, 3.63) is 182 Å². The molecule has 2 aliphatic carbocycles. The highest BCUT2D eigenvalue weighted by molar-refractivity contribution is 6.13. The fourth-order valence-corrected chi connectivity index (χ4v) is 12.1. The lowest BCUT2D eigenvalue weighted by Crippen LogP contribution is -2.28. The largest absolute Gasteiger partial charge is 0.507 e. The number of ketones is 2. The molecule has 86 heavy (non-hydrogen) atoms. The Morgan fingerprint density at radius 3 is 0.663 bits per heavy atom. The van der Waals surface area contributed by atoms with Crippen molar-refractivity contribution in [3.8, 4) is 11.5 Å². The maximum Gasteiger partial charge on any atom is 0.186 e. The molecule has 2 N–H and O–H groups in total. The molecule has 4 nitrogen and oxygen atoms in total. The van der Waals surface area contributed by atoms with Crippen LogP contribution >= 0.6 is 0 Å². The van der Waals surface area contributed by atoms with Crippen LogP contribution in [0.3, 0.4) is 0 Å². The average molecular weight is 1170 g/mol. The summed E-state index contributed by atoms with van der Waals surface area (Å²) >= 11 is 0. The molecule has 0 saturated heterocycles. The van der Waals surface area contributed by atoms with Gasteiger partial charge < -0.3 is 10.2 Å². The number of aromatic hydroxyl groups is 2. The molecule has 0 spiro atoms. The van der Waals surface area contributed by atoms with Crippen molar-refractivity contribution in [2.45, 2.75) is 271 Å². The van der Waals surface area contributed by atoms with Gasteiger partial charge in [-0.05, 0) is 259 Å². The second-order valence-electron chi connectivity index (χ2n) is 33.4. The molecule has 0 fully saturated rings. The number of hydrogen-bond donors (Lipinski definition) is 2. The number of phenolic OH excluding ortho intramolecular Hbond substituents is 2. The Labute approximate surface area is 527 Å². The van der Waals surface area contributed by atoms with Gasteiger partial charge in [0.1, 0.15) is 11.5 Å². The predicted octanol–water partition coefficient (Wildman–Crippen LogP) is 22.7. The van der Waals surface area contributed by atoms with Crippen LogP contribution in [0.5, 0.6) is 11.5 Å². The summed E-state index contributed by atoms with van der Waals surface area (Å²) in [6, 6.07) is 8.89. The van der Waals surface area contributed by atoms with Crippen LogP contribution in [0.2, 0.25) is 0 Å². The number of phenols is 2. The van der Waals surface area contributed by atoms with Gasteiger partial charge in [0.15, 0.2) is 11.6 Å². The van der Waals surface area contributed by atoms with Gasteiger partial charge in [-0.25, -0.2) is 0 Å². The van der Waals surface area contributed by atoms with Gasteiger partial charge in [0.25, 0.3) is 0 Å². The van der Waals surface area contributed by atoms with E-state index < -0.39 is 0 Å². The molecule has 472 valence electrons. The van der Waals surface area contributed by atoms with Crippen LogP contribution in [0, 0.1) is 77.0 Å². The van der Waals surface area contributed by atoms with Crippen molar-refractivity contribution < 1.29 is 19.8 Å². The van der Waals surface area contributed by atoms with E-state index in [1.807, 2.05) is 0 Å². The summed E-state index contributed by atoms with van der Waals surface area (Å²) < 4.78 is 0. The lowest BCUT2D eigenvalue weighted by atomic mass is 9.71. The molecule has 4 aromatic rings. The lowest BCUT2D eigenvalue weighted by Gasteiger charge is -2.31. The van der Waals surface area contributed by atoms with Gasteiger partial charge in [0.05, 0.1) is 0 Å². The Bertz CT molecular complexity index is 3050. The van der Waals surface area contributed by atoms with Gasteiger partial charge in [-0.3, -0.25) is 9.59 Å². The Hall–Kier alpha value is -5.74. The van der Waals surface area contributed by atoms with E-state index in [2.05, 4.69) is 282 Å². The predicted molar refractivity (Wildman–Crippen MR) is 377 cm³/mol. The molecule has 4 heteroatoms. The van der Waals surface area contributed by atoms with Crippen LogP contribution in [0.4, 0.5) is 0 Å². The highest BCUT2D eigenvalue weighted by Crippen LogP contribution is 2.46. The molecular formula is C82H120O4. The molecule has 0 unspecified atom stereocenters. The quantitative estimate of drug-likeness (QED) is 0.202. The molecular weight excluding hydrogens is 1050 g/mol. The minimum Gasteiger partial charge on any atom is -0.507 e. The Morgan fingerprint density at radius 2 is 0.500 bits per heavy atom. The van der Waals surface area contributed by atoms with E-state index in [0.717, 1.165) is 68.5 Å². The molecule has 0 amide bonds. The second-order valence-corrected chi connectivity index (χ2v) is 33.4. The number of benzene rings is 4. The SMILES string of the molecule is C.C.Cc1c(C)c(C=C2C=C(C(C)(C)C)C(=O)C(C(C)(C)C)=C2)c(C)c(C)c1C=C1C=C(C(C)(C)C)C(=O)C(C(C)(C)C)=C1.Cc1c(C)c(Cc2cc(C(C)(C)C)c(O)c(C(C)(C)C)c2)c(C)c(C)c1Cc1cc(C(C)(C)C)c(O)c(C(C)(C)C)c1. The fourth-order valence-electron chi connectivity index (χ4n) is 12.1. The minimum atomic E-state index is -0.243. The van der Waals surface area contributed by atoms with E-state index in [9.17, 15) is 19.8 Å². The van der Waals surface area contributed by atoms with Crippen LogP contribution in [0.1, 0.15) is 281 Å². The molecule has 0 aliphatic heterocycles. The number of allylic oxidation sites excluding steroid dienone is 10. The van der Waals surface area contributed by atoms with Crippen LogP contribution in [0.15, 0.2) is 82.0 Å². The first-order valence-corrected chi connectivity index (χ1v) is 31.0. The second kappa shape index (κ2) is 25.4. The number of hydrogen-bond acceptors (Lipinski definition) is 4. The third-order valence-corrected chi connectivity index (χ3v) is 18.1. The molecule has 6 rings (SSSR count). The van der Waals surface area contributed by atoms with Gasteiger partial charge in [-0.15, -0.1) is 0 Å². The minimum absolute atomic E-state index is 0. The van der Waals surface area contributed by atoms with Crippen LogP contribution < -0.4 is 0 Å². The summed E-state index contributed by atoms with van der Waals surface area (Å²) in [4.78, 5) is 27.0. The summed E-state index contributed by atoms with van der Waals surface area (Å²) in [5.74, 6) is 1.19. The van der Waals surface area contributed by atoms with Gasteiger partial charge in [-0.2, -0.15) is 0 Å². The topological polar surface area (TPSA) is 74.6 Å². The zero-order valence-electron chi connectivity index (χ0n) is 58.9. The number of Topliss-reactive ketones (excluding diaryl/α,β-unsaturated/α-hetero) is 2. The van der Waals surface area contributed by atoms with Crippen molar-refractivity contribution in [1.82, 2.24) is 0 Å². The number of carbonyl (C=O) groups excluding carboxylic acids is 2. The van der Waals surface area contributed by atoms with Crippen molar-refractivity contribution >= 4 is 23.7 Å². The first-order chi connectivity index (χ1) is 37.7. The fraction of sp³-hybridized carbons (Fsp3) is 0.537. The van der Waals surface area contributed by atoms with Crippen molar-refractivity contribution in [2.75, 3.05) is 0 Å². The summed E-state index contributed by atoms with van der Waals surface area (Å²) in [6.45, 7) is 69.4. The third-order valence-electron chi connectivity index (χ3n) is 18.1. The highest BCUT2D eigenvalue weighted by Gasteiger charge is 2.37. The normalized spacial score (nSPS) is 14.8. The Morgan fingerprint density at radius 1 is 0.314 bits per heavy atom. The first kappa shape index (κ1) is 74.5. The van der Waals surface area contributed by atoms with E-state index in [1.54, 1.807) is 0 Å². The van der Waals surface area contributed by atoms with Crippen molar-refractivity contribution in [2.24, 2.45) is 21.7 Å². The summed E-state index contributed by atoms with van der Waals surface area (Å²) in [7, 11) is 0. The van der Waals surface area contributed by atoms with Gasteiger partial charge in [-0.1, -0.05) is 205 Å². The molecule has 0 heterocycles.